The first-order valence-electron chi connectivity index (χ1n) is 7.26. The molecular weight excluding hydrogens is 298 g/mol. The van der Waals surface area contributed by atoms with Gasteiger partial charge >= 0.3 is 0 Å². The summed E-state index contributed by atoms with van der Waals surface area (Å²) in [5.41, 5.74) is 5.36. The van der Waals surface area contributed by atoms with Crippen LogP contribution in [0.4, 0.5) is 0 Å². The lowest BCUT2D eigenvalue weighted by atomic mass is 10.2. The average molecular weight is 318 g/mol. The summed E-state index contributed by atoms with van der Waals surface area (Å²) in [7, 11) is 3.92. The SMILES string of the molecule is Cc1ccc2nc(CN(C)Cc3c(C)nn(C)c3Cl)[nH]c2c1. The summed E-state index contributed by atoms with van der Waals surface area (Å²) in [4.78, 5) is 10.2. The maximum atomic E-state index is 6.29. The molecule has 1 N–H and O–H groups in total. The smallest absolute Gasteiger partial charge is 0.131 e. The van der Waals surface area contributed by atoms with Gasteiger partial charge in [0.25, 0.3) is 0 Å². The monoisotopic (exact) mass is 317 g/mol. The molecule has 0 spiro atoms. The highest BCUT2D eigenvalue weighted by Crippen LogP contribution is 2.21. The molecule has 2 aromatic heterocycles. The lowest BCUT2D eigenvalue weighted by Crippen LogP contribution is -2.18. The third-order valence-electron chi connectivity index (χ3n) is 3.80. The first kappa shape index (κ1) is 15.1. The first-order chi connectivity index (χ1) is 10.4. The molecule has 3 aromatic rings. The van der Waals surface area contributed by atoms with E-state index in [-0.39, 0.29) is 0 Å². The molecule has 0 unspecified atom stereocenters. The number of hydrogen-bond acceptors (Lipinski definition) is 3. The molecule has 0 aliphatic rings. The molecule has 0 saturated carbocycles. The standard InChI is InChI=1S/C16H20ClN5/c1-10-5-6-13-14(7-10)19-15(18-13)9-21(3)8-12-11(2)20-22(4)16(12)17/h5-7H,8-9H2,1-4H3,(H,18,19). The van der Waals surface area contributed by atoms with Crippen LogP contribution in [0.5, 0.6) is 0 Å². The second-order valence-electron chi connectivity index (χ2n) is 5.85. The molecule has 0 bridgehead atoms. The van der Waals surface area contributed by atoms with Crippen LogP contribution < -0.4 is 0 Å². The summed E-state index contributed by atoms with van der Waals surface area (Å²) < 4.78 is 1.71. The Labute approximate surface area is 134 Å². The topological polar surface area (TPSA) is 49.7 Å². The van der Waals surface area contributed by atoms with Crippen LogP contribution in [0, 0.1) is 13.8 Å². The lowest BCUT2D eigenvalue weighted by molar-refractivity contribution is 0.311. The fourth-order valence-corrected chi connectivity index (χ4v) is 2.92. The maximum absolute atomic E-state index is 6.29. The second kappa shape index (κ2) is 5.74. The Bertz CT molecular complexity index is 817. The van der Waals surface area contributed by atoms with Crippen molar-refractivity contribution in [1.82, 2.24) is 24.6 Å². The van der Waals surface area contributed by atoms with Crippen LogP contribution in [0.3, 0.4) is 0 Å². The van der Waals surface area contributed by atoms with Gasteiger partial charge in [0.1, 0.15) is 11.0 Å². The molecule has 2 heterocycles. The number of aromatic nitrogens is 4. The number of nitrogens with one attached hydrogen (secondary N) is 1. The number of hydrogen-bond donors (Lipinski definition) is 1. The van der Waals surface area contributed by atoms with Crippen LogP contribution in [0.15, 0.2) is 18.2 Å². The van der Waals surface area contributed by atoms with Gasteiger partial charge in [0, 0.05) is 19.2 Å². The summed E-state index contributed by atoms with van der Waals surface area (Å²) in [6.45, 7) is 5.55. The van der Waals surface area contributed by atoms with Gasteiger partial charge in [-0.25, -0.2) is 4.98 Å². The maximum Gasteiger partial charge on any atom is 0.131 e. The minimum atomic E-state index is 0.699. The van der Waals surface area contributed by atoms with Crippen molar-refractivity contribution in [2.24, 2.45) is 7.05 Å². The van der Waals surface area contributed by atoms with Crippen LogP contribution in [0.25, 0.3) is 11.0 Å². The summed E-state index contributed by atoms with van der Waals surface area (Å²) in [6, 6.07) is 6.25. The molecule has 3 rings (SSSR count). The summed E-state index contributed by atoms with van der Waals surface area (Å²) in [6.07, 6.45) is 0. The van der Waals surface area contributed by atoms with E-state index < -0.39 is 0 Å². The molecule has 22 heavy (non-hydrogen) atoms. The number of rotatable bonds is 4. The van der Waals surface area contributed by atoms with Gasteiger partial charge in [0.05, 0.1) is 23.3 Å². The Kier molecular flexibility index (Phi) is 3.93. The van der Waals surface area contributed by atoms with Gasteiger partial charge in [-0.3, -0.25) is 9.58 Å². The number of halogens is 1. The summed E-state index contributed by atoms with van der Waals surface area (Å²) in [5, 5.41) is 5.05. The van der Waals surface area contributed by atoms with Gasteiger partial charge in [-0.15, -0.1) is 0 Å². The number of aryl methyl sites for hydroxylation is 3. The second-order valence-corrected chi connectivity index (χ2v) is 6.21. The lowest BCUT2D eigenvalue weighted by Gasteiger charge is -2.14. The Hall–Kier alpha value is -1.85. The normalized spacial score (nSPS) is 11.7. The highest BCUT2D eigenvalue weighted by molar-refractivity contribution is 6.30. The molecule has 0 amide bonds. The number of H-pyrrole nitrogens is 1. The van der Waals surface area contributed by atoms with E-state index in [1.807, 2.05) is 20.0 Å². The number of fused-ring (bicyclic) bond motifs is 1. The first-order valence-corrected chi connectivity index (χ1v) is 7.63. The number of benzene rings is 1. The summed E-state index contributed by atoms with van der Waals surface area (Å²) >= 11 is 6.29. The van der Waals surface area contributed by atoms with E-state index in [9.17, 15) is 0 Å². The van der Waals surface area contributed by atoms with Crippen LogP contribution in [-0.4, -0.2) is 31.7 Å². The van der Waals surface area contributed by atoms with E-state index in [1.54, 1.807) is 4.68 Å². The quantitative estimate of drug-likeness (QED) is 0.804. The van der Waals surface area contributed by atoms with Crippen LogP contribution in [0.1, 0.15) is 22.6 Å². The van der Waals surface area contributed by atoms with Crippen molar-refractivity contribution in [3.8, 4) is 0 Å². The third kappa shape index (κ3) is 2.87. The Balaban J connectivity index is 1.76. The van der Waals surface area contributed by atoms with E-state index in [0.29, 0.717) is 5.15 Å². The zero-order chi connectivity index (χ0) is 15.9. The molecule has 0 radical (unpaired) electrons. The predicted octanol–water partition coefficient (Wildman–Crippen LogP) is 3.20. The van der Waals surface area contributed by atoms with Crippen LogP contribution in [0.2, 0.25) is 5.15 Å². The Morgan fingerprint density at radius 1 is 1.27 bits per heavy atom. The molecule has 6 heteroatoms. The summed E-state index contributed by atoms with van der Waals surface area (Å²) in [5.74, 6) is 0.959. The van der Waals surface area contributed by atoms with Crippen molar-refractivity contribution in [2.45, 2.75) is 26.9 Å². The van der Waals surface area contributed by atoms with Crippen LogP contribution in [-0.2, 0) is 20.1 Å². The van der Waals surface area contributed by atoms with E-state index in [1.165, 1.54) is 5.56 Å². The highest BCUT2D eigenvalue weighted by atomic mass is 35.5. The Morgan fingerprint density at radius 3 is 2.73 bits per heavy atom. The fourth-order valence-electron chi connectivity index (χ4n) is 2.69. The number of imidazole rings is 1. The highest BCUT2D eigenvalue weighted by Gasteiger charge is 2.14. The molecule has 0 aliphatic heterocycles. The van der Waals surface area contributed by atoms with Gasteiger partial charge < -0.3 is 4.98 Å². The van der Waals surface area contributed by atoms with Gasteiger partial charge in [-0.1, -0.05) is 17.7 Å². The molecule has 1 aromatic carbocycles. The zero-order valence-corrected chi connectivity index (χ0v) is 14.1. The minimum Gasteiger partial charge on any atom is -0.341 e. The number of aromatic amines is 1. The van der Waals surface area contributed by atoms with E-state index in [4.69, 9.17) is 11.6 Å². The van der Waals surface area contributed by atoms with Gasteiger partial charge in [-0.05, 0) is 38.6 Å². The molecule has 116 valence electrons. The van der Waals surface area contributed by atoms with Gasteiger partial charge in [-0.2, -0.15) is 5.10 Å². The predicted molar refractivity (Wildman–Crippen MR) is 89.0 cm³/mol. The fraction of sp³-hybridized carbons (Fsp3) is 0.375. The van der Waals surface area contributed by atoms with Crippen molar-refractivity contribution in [1.29, 1.82) is 0 Å². The molecular formula is C16H20ClN5. The van der Waals surface area contributed by atoms with E-state index in [0.717, 1.165) is 41.2 Å². The van der Waals surface area contributed by atoms with E-state index >= 15 is 0 Å². The molecule has 0 saturated heterocycles. The van der Waals surface area contributed by atoms with Gasteiger partial charge in [0.15, 0.2) is 0 Å². The third-order valence-corrected chi connectivity index (χ3v) is 4.28. The van der Waals surface area contributed by atoms with Crippen molar-refractivity contribution in [3.63, 3.8) is 0 Å². The van der Waals surface area contributed by atoms with Gasteiger partial charge in [0.2, 0.25) is 0 Å². The molecule has 0 fully saturated rings. The van der Waals surface area contributed by atoms with Crippen molar-refractivity contribution in [3.05, 3.63) is 46.0 Å². The van der Waals surface area contributed by atoms with Crippen molar-refractivity contribution >= 4 is 22.6 Å². The van der Waals surface area contributed by atoms with Crippen LogP contribution >= 0.6 is 11.6 Å². The molecule has 5 nitrogen and oxygen atoms in total. The zero-order valence-electron chi connectivity index (χ0n) is 13.3. The molecule has 0 atom stereocenters. The average Bonchev–Trinajstić information content (AvgIpc) is 2.94. The largest absolute Gasteiger partial charge is 0.341 e. The molecule has 0 aliphatic carbocycles. The minimum absolute atomic E-state index is 0.699. The van der Waals surface area contributed by atoms with Crippen molar-refractivity contribution in [2.75, 3.05) is 7.05 Å². The van der Waals surface area contributed by atoms with E-state index in [2.05, 4.69) is 46.1 Å². The van der Waals surface area contributed by atoms with Crippen molar-refractivity contribution < 1.29 is 0 Å². The number of nitrogens with zero attached hydrogens (tertiary/aromatic N) is 4. The Morgan fingerprint density at radius 2 is 2.05 bits per heavy atom.